The van der Waals surface area contributed by atoms with Crippen LogP contribution < -0.4 is 28.3 Å². The zero-order valence-corrected chi connectivity index (χ0v) is 21.7. The van der Waals surface area contributed by atoms with Gasteiger partial charge in [-0.25, -0.2) is 0 Å². The van der Waals surface area contributed by atoms with Crippen LogP contribution in [-0.4, -0.2) is 164 Å². The molecule has 3 rings (SSSR count). The fourth-order valence-corrected chi connectivity index (χ4v) is 5.07. The van der Waals surface area contributed by atoms with Crippen LogP contribution in [0.25, 0.3) is 0 Å². The standard InChI is InChI=1S/C22H43N5O13/c23-2-1-8(29)20(36)27-7-3-6(25)18(39-22-16(34)15(33)13(31)9(4-24)37-22)17(35)19(7)40-21-14(32)11(26)12(30)10(5-28)38-21/h6-19,21-22,28-35H,1-5,23-26H2,(H,27,36)/t6-,7+,8?,9+,10+,11-,12+,13+,14+,15-,16+,17-,18+,19?,21?,22?/m0/s1. The van der Waals surface area contributed by atoms with E-state index in [0.717, 1.165) is 0 Å². The number of carbonyl (C=O) groups excluding carboxylic acids is 1. The van der Waals surface area contributed by atoms with Crippen LogP contribution in [0.1, 0.15) is 12.8 Å². The van der Waals surface area contributed by atoms with Gasteiger partial charge in [0.05, 0.1) is 18.7 Å². The second kappa shape index (κ2) is 14.3. The monoisotopic (exact) mass is 585 g/mol. The van der Waals surface area contributed by atoms with Crippen molar-refractivity contribution in [1.82, 2.24) is 5.32 Å². The minimum Gasteiger partial charge on any atom is -0.394 e. The van der Waals surface area contributed by atoms with Crippen LogP contribution in [0.3, 0.4) is 0 Å². The molecule has 0 spiro atoms. The van der Waals surface area contributed by atoms with E-state index in [2.05, 4.69) is 5.32 Å². The lowest BCUT2D eigenvalue weighted by Crippen LogP contribution is -2.69. The number of carbonyl (C=O) groups is 1. The first-order valence-corrected chi connectivity index (χ1v) is 13.1. The highest BCUT2D eigenvalue weighted by molar-refractivity contribution is 5.80. The Balaban J connectivity index is 1.85. The molecule has 4 unspecified atom stereocenters. The van der Waals surface area contributed by atoms with Crippen molar-refractivity contribution in [3.8, 4) is 0 Å². The van der Waals surface area contributed by atoms with Gasteiger partial charge in [0.2, 0.25) is 5.91 Å². The molecule has 2 heterocycles. The van der Waals surface area contributed by atoms with E-state index in [1.807, 2.05) is 0 Å². The van der Waals surface area contributed by atoms with Gasteiger partial charge in [0.1, 0.15) is 67.1 Å². The molecule has 2 aliphatic heterocycles. The van der Waals surface area contributed by atoms with E-state index in [1.54, 1.807) is 0 Å². The minimum absolute atomic E-state index is 0.0101. The second-order valence-electron chi connectivity index (χ2n) is 10.3. The van der Waals surface area contributed by atoms with Crippen LogP contribution in [0.5, 0.6) is 0 Å². The van der Waals surface area contributed by atoms with Gasteiger partial charge in [0, 0.05) is 12.6 Å². The largest absolute Gasteiger partial charge is 0.394 e. The van der Waals surface area contributed by atoms with E-state index >= 15 is 0 Å². The number of hydrogen-bond acceptors (Lipinski definition) is 17. The molecule has 0 aromatic carbocycles. The van der Waals surface area contributed by atoms with Crippen molar-refractivity contribution in [2.45, 2.75) is 111 Å². The highest BCUT2D eigenvalue weighted by atomic mass is 16.7. The van der Waals surface area contributed by atoms with E-state index in [9.17, 15) is 45.6 Å². The summed E-state index contributed by atoms with van der Waals surface area (Å²) in [5.41, 5.74) is 23.1. The van der Waals surface area contributed by atoms with Crippen LogP contribution in [0.2, 0.25) is 0 Å². The van der Waals surface area contributed by atoms with Crippen molar-refractivity contribution < 1.29 is 64.6 Å². The quantitative estimate of drug-likeness (QED) is 0.113. The zero-order chi connectivity index (χ0) is 29.9. The molecule has 40 heavy (non-hydrogen) atoms. The Bertz CT molecular complexity index is 815. The summed E-state index contributed by atoms with van der Waals surface area (Å²) in [4.78, 5) is 12.6. The molecule has 3 fully saturated rings. The molecule has 0 bridgehead atoms. The van der Waals surface area contributed by atoms with E-state index in [-0.39, 0.29) is 25.9 Å². The summed E-state index contributed by atoms with van der Waals surface area (Å²) in [6.07, 6.45) is -19.8. The molecular weight excluding hydrogens is 542 g/mol. The summed E-state index contributed by atoms with van der Waals surface area (Å²) < 4.78 is 22.5. The average Bonchev–Trinajstić information content (AvgIpc) is 2.92. The molecule has 3 aliphatic rings. The molecule has 18 nitrogen and oxygen atoms in total. The Morgan fingerprint density at radius 1 is 0.850 bits per heavy atom. The minimum atomic E-state index is -1.76. The van der Waals surface area contributed by atoms with Crippen LogP contribution in [0, 0.1) is 0 Å². The Morgan fingerprint density at radius 2 is 1.45 bits per heavy atom. The lowest BCUT2D eigenvalue weighted by atomic mass is 9.83. The SMILES string of the molecule is NCCC(O)C(=O)N[C@@H]1C[C@H](N)[C@@H](OC2O[C@H](CN)[C@@H](O)[C@H](O)[C@H]2O)[C@H](O)C1OC1O[C@H](CO)[C@@H](O)[C@H](N)[C@H]1O. The molecule has 1 amide bonds. The Labute approximate surface area is 229 Å². The number of hydrogen-bond donors (Lipinski definition) is 13. The number of amides is 1. The lowest BCUT2D eigenvalue weighted by molar-refractivity contribution is -0.332. The molecule has 17 N–H and O–H groups in total. The maximum atomic E-state index is 12.6. The normalized spacial score (nSPS) is 47.0. The van der Waals surface area contributed by atoms with Crippen LogP contribution >= 0.6 is 0 Å². The fraction of sp³-hybridized carbons (Fsp3) is 0.955. The van der Waals surface area contributed by atoms with Crippen molar-refractivity contribution in [2.75, 3.05) is 19.7 Å². The summed E-state index contributed by atoms with van der Waals surface area (Å²) in [7, 11) is 0. The third kappa shape index (κ3) is 7.06. The van der Waals surface area contributed by atoms with Crippen molar-refractivity contribution in [1.29, 1.82) is 0 Å². The van der Waals surface area contributed by atoms with Gasteiger partial charge in [0.15, 0.2) is 12.6 Å². The molecule has 2 saturated heterocycles. The number of ether oxygens (including phenoxy) is 4. The predicted octanol–water partition coefficient (Wildman–Crippen LogP) is -8.42. The van der Waals surface area contributed by atoms with Gasteiger partial charge in [-0.05, 0) is 19.4 Å². The number of nitrogens with two attached hydrogens (primary N) is 4. The first-order chi connectivity index (χ1) is 18.9. The number of rotatable bonds is 10. The number of nitrogens with one attached hydrogen (secondary N) is 1. The van der Waals surface area contributed by atoms with E-state index < -0.39 is 110 Å². The highest BCUT2D eigenvalue weighted by Crippen LogP contribution is 2.32. The van der Waals surface area contributed by atoms with Gasteiger partial charge in [-0.1, -0.05) is 0 Å². The van der Waals surface area contributed by atoms with E-state index in [0.29, 0.717) is 0 Å². The van der Waals surface area contributed by atoms with Crippen molar-refractivity contribution in [3.63, 3.8) is 0 Å². The van der Waals surface area contributed by atoms with Crippen molar-refractivity contribution in [2.24, 2.45) is 22.9 Å². The van der Waals surface area contributed by atoms with Gasteiger partial charge in [-0.15, -0.1) is 0 Å². The third-order valence-corrected chi connectivity index (χ3v) is 7.51. The first-order valence-electron chi connectivity index (χ1n) is 13.1. The Hall–Kier alpha value is -1.17. The van der Waals surface area contributed by atoms with Gasteiger partial charge in [0.25, 0.3) is 0 Å². The molecule has 18 heteroatoms. The summed E-state index contributed by atoms with van der Waals surface area (Å²) >= 11 is 0. The number of aliphatic hydroxyl groups excluding tert-OH is 8. The summed E-state index contributed by atoms with van der Waals surface area (Å²) in [5, 5.41) is 84.9. The molecule has 234 valence electrons. The van der Waals surface area contributed by atoms with E-state index in [1.165, 1.54) is 0 Å². The number of aliphatic hydroxyl groups is 8. The van der Waals surface area contributed by atoms with Gasteiger partial charge in [-0.2, -0.15) is 0 Å². The lowest BCUT2D eigenvalue weighted by Gasteiger charge is -2.49. The molecule has 0 aromatic rings. The zero-order valence-electron chi connectivity index (χ0n) is 21.7. The first kappa shape index (κ1) is 33.3. The molecule has 1 aliphatic carbocycles. The molecule has 1 saturated carbocycles. The van der Waals surface area contributed by atoms with Crippen LogP contribution in [0.4, 0.5) is 0 Å². The average molecular weight is 586 g/mol. The maximum absolute atomic E-state index is 12.6. The highest BCUT2D eigenvalue weighted by Gasteiger charge is 2.52. The smallest absolute Gasteiger partial charge is 0.249 e. The third-order valence-electron chi connectivity index (χ3n) is 7.51. The van der Waals surface area contributed by atoms with Crippen LogP contribution in [-0.2, 0) is 23.7 Å². The Kier molecular flexibility index (Phi) is 11.9. The fourth-order valence-electron chi connectivity index (χ4n) is 5.07. The summed E-state index contributed by atoms with van der Waals surface area (Å²) in [6.45, 7) is -0.898. The summed E-state index contributed by atoms with van der Waals surface area (Å²) in [6, 6.07) is -3.45. The molecular formula is C22H43N5O13. The van der Waals surface area contributed by atoms with Gasteiger partial charge >= 0.3 is 0 Å². The van der Waals surface area contributed by atoms with Gasteiger partial charge in [-0.3, -0.25) is 4.79 Å². The van der Waals surface area contributed by atoms with Crippen LogP contribution in [0.15, 0.2) is 0 Å². The van der Waals surface area contributed by atoms with Gasteiger partial charge < -0.3 is 88.1 Å². The topological polar surface area (TPSA) is 332 Å². The van der Waals surface area contributed by atoms with Crippen molar-refractivity contribution in [3.05, 3.63) is 0 Å². The predicted molar refractivity (Wildman–Crippen MR) is 131 cm³/mol. The van der Waals surface area contributed by atoms with E-state index in [4.69, 9.17) is 41.9 Å². The summed E-state index contributed by atoms with van der Waals surface area (Å²) in [5.74, 6) is -0.845. The second-order valence-corrected chi connectivity index (χ2v) is 10.3. The molecule has 0 aromatic heterocycles. The molecule has 0 radical (unpaired) electrons. The molecule has 16 atom stereocenters. The van der Waals surface area contributed by atoms with Crippen molar-refractivity contribution >= 4 is 5.91 Å². The Morgan fingerprint density at radius 3 is 2.05 bits per heavy atom. The maximum Gasteiger partial charge on any atom is 0.249 e.